The molecular formula is C14H19BrN2. The largest absolute Gasteiger partial charge is 0.347 e. The Hall–Kier alpha value is -0.800. The minimum atomic E-state index is 0.575. The minimum absolute atomic E-state index is 0.575. The van der Waals surface area contributed by atoms with Gasteiger partial charge in [-0.05, 0) is 36.6 Å². The van der Waals surface area contributed by atoms with Crippen molar-refractivity contribution in [3.05, 3.63) is 34.9 Å². The lowest BCUT2D eigenvalue weighted by Crippen LogP contribution is -2.24. The van der Waals surface area contributed by atoms with Crippen LogP contribution in [0.4, 0.5) is 0 Å². The number of aromatic nitrogens is 1. The molecule has 1 aromatic heterocycles. The van der Waals surface area contributed by atoms with Gasteiger partial charge in [0, 0.05) is 28.8 Å². The van der Waals surface area contributed by atoms with Gasteiger partial charge < -0.3 is 9.88 Å². The van der Waals surface area contributed by atoms with Gasteiger partial charge in [-0.2, -0.15) is 0 Å². The van der Waals surface area contributed by atoms with Crippen molar-refractivity contribution in [2.45, 2.75) is 32.9 Å². The van der Waals surface area contributed by atoms with Gasteiger partial charge in [-0.3, -0.25) is 0 Å². The Morgan fingerprint density at radius 2 is 2.12 bits per heavy atom. The van der Waals surface area contributed by atoms with Gasteiger partial charge in [0.1, 0.15) is 0 Å². The third-order valence-corrected chi connectivity index (χ3v) is 3.36. The van der Waals surface area contributed by atoms with Gasteiger partial charge in [0.25, 0.3) is 0 Å². The van der Waals surface area contributed by atoms with Crippen LogP contribution in [0.2, 0.25) is 0 Å². The first-order valence-electron chi connectivity index (χ1n) is 6.14. The predicted octanol–water partition coefficient (Wildman–Crippen LogP) is 3.79. The van der Waals surface area contributed by atoms with E-state index < -0.39 is 0 Å². The van der Waals surface area contributed by atoms with Gasteiger partial charge in [-0.1, -0.05) is 35.8 Å². The maximum absolute atomic E-state index is 3.53. The summed E-state index contributed by atoms with van der Waals surface area (Å²) in [5, 5.41) is 4.75. The molecule has 2 rings (SSSR count). The number of nitrogens with zero attached hydrogens (tertiary/aromatic N) is 1. The second-order valence-corrected chi connectivity index (χ2v) is 5.59. The number of hydrogen-bond donors (Lipinski definition) is 1. The van der Waals surface area contributed by atoms with Crippen LogP contribution in [0.3, 0.4) is 0 Å². The number of fused-ring (bicyclic) bond motifs is 1. The average Bonchev–Trinajstić information content (AvgIpc) is 2.67. The summed E-state index contributed by atoms with van der Waals surface area (Å²) in [5.41, 5.74) is 1.31. The number of halogens is 1. The number of nitrogens with one attached hydrogen (secondary N) is 1. The first kappa shape index (κ1) is 12.7. The van der Waals surface area contributed by atoms with Crippen LogP contribution in [0, 0.1) is 0 Å². The molecule has 0 aliphatic heterocycles. The van der Waals surface area contributed by atoms with Crippen LogP contribution >= 0.6 is 15.9 Å². The summed E-state index contributed by atoms with van der Waals surface area (Å²) in [6, 6.07) is 9.18. The van der Waals surface area contributed by atoms with Gasteiger partial charge >= 0.3 is 0 Å². The molecule has 2 nitrogen and oxygen atoms in total. The molecule has 1 aromatic carbocycles. The van der Waals surface area contributed by atoms with E-state index >= 15 is 0 Å². The molecule has 0 aliphatic rings. The molecule has 0 fully saturated rings. The van der Waals surface area contributed by atoms with Crippen molar-refractivity contribution in [1.29, 1.82) is 0 Å². The van der Waals surface area contributed by atoms with Gasteiger partial charge in [0.2, 0.25) is 0 Å². The zero-order valence-corrected chi connectivity index (χ0v) is 12.0. The summed E-state index contributed by atoms with van der Waals surface area (Å²) < 4.78 is 3.47. The fourth-order valence-corrected chi connectivity index (χ4v) is 2.34. The van der Waals surface area contributed by atoms with Crippen molar-refractivity contribution in [3.63, 3.8) is 0 Å². The molecule has 0 spiro atoms. The van der Waals surface area contributed by atoms with Gasteiger partial charge in [-0.25, -0.2) is 0 Å². The van der Waals surface area contributed by atoms with Gasteiger partial charge in [0.05, 0.1) is 0 Å². The fourth-order valence-electron chi connectivity index (χ4n) is 1.99. The summed E-state index contributed by atoms with van der Waals surface area (Å²) in [4.78, 5) is 0. The molecule has 0 unspecified atom stereocenters. The Morgan fingerprint density at radius 3 is 2.88 bits per heavy atom. The molecule has 0 saturated heterocycles. The van der Waals surface area contributed by atoms with Crippen LogP contribution in [-0.2, 0) is 6.54 Å². The molecule has 0 aliphatic carbocycles. The molecular weight excluding hydrogens is 276 g/mol. The lowest BCUT2D eigenvalue weighted by Gasteiger charge is -2.09. The quantitative estimate of drug-likeness (QED) is 0.830. The van der Waals surface area contributed by atoms with Crippen molar-refractivity contribution in [2.75, 3.05) is 6.54 Å². The lowest BCUT2D eigenvalue weighted by atomic mass is 10.2. The highest BCUT2D eigenvalue weighted by Crippen LogP contribution is 2.20. The van der Waals surface area contributed by atoms with Crippen LogP contribution in [0.15, 0.2) is 34.9 Å². The van der Waals surface area contributed by atoms with E-state index in [0.717, 1.165) is 24.0 Å². The summed E-state index contributed by atoms with van der Waals surface area (Å²) in [5.74, 6) is 0. The predicted molar refractivity (Wildman–Crippen MR) is 77.4 cm³/mol. The summed E-state index contributed by atoms with van der Waals surface area (Å²) >= 11 is 3.53. The standard InChI is InChI=1S/C14H19BrN2/c1-11(2)16-7-3-8-17-9-6-12-4-5-13(15)10-14(12)17/h4-6,9-11,16H,3,7-8H2,1-2H3. The first-order valence-corrected chi connectivity index (χ1v) is 6.94. The van der Waals surface area contributed by atoms with E-state index in [-0.39, 0.29) is 0 Å². The van der Waals surface area contributed by atoms with Crippen LogP contribution in [0.5, 0.6) is 0 Å². The van der Waals surface area contributed by atoms with Crippen molar-refractivity contribution in [3.8, 4) is 0 Å². The van der Waals surface area contributed by atoms with Gasteiger partial charge in [-0.15, -0.1) is 0 Å². The molecule has 0 radical (unpaired) electrons. The van der Waals surface area contributed by atoms with Crippen molar-refractivity contribution >= 4 is 26.8 Å². The first-order chi connectivity index (χ1) is 8.16. The number of benzene rings is 1. The molecule has 0 bridgehead atoms. The summed E-state index contributed by atoms with van der Waals surface area (Å²) in [6.45, 7) is 6.51. The van der Waals surface area contributed by atoms with E-state index in [1.165, 1.54) is 10.9 Å². The smallest absolute Gasteiger partial charge is 0.0491 e. The molecule has 0 amide bonds. The molecule has 1 N–H and O–H groups in total. The topological polar surface area (TPSA) is 17.0 Å². The van der Waals surface area contributed by atoms with Crippen LogP contribution in [0.25, 0.3) is 10.9 Å². The highest BCUT2D eigenvalue weighted by molar-refractivity contribution is 9.10. The molecule has 0 saturated carbocycles. The van der Waals surface area contributed by atoms with Crippen LogP contribution in [0.1, 0.15) is 20.3 Å². The zero-order chi connectivity index (χ0) is 12.3. The van der Waals surface area contributed by atoms with E-state index in [2.05, 4.69) is 70.1 Å². The Kier molecular flexibility index (Phi) is 4.24. The Bertz CT molecular complexity index is 488. The molecule has 17 heavy (non-hydrogen) atoms. The second kappa shape index (κ2) is 5.69. The highest BCUT2D eigenvalue weighted by Gasteiger charge is 2.01. The van der Waals surface area contributed by atoms with Crippen LogP contribution in [-0.4, -0.2) is 17.2 Å². The van der Waals surface area contributed by atoms with Crippen molar-refractivity contribution in [2.24, 2.45) is 0 Å². The number of rotatable bonds is 5. The SMILES string of the molecule is CC(C)NCCCn1ccc2ccc(Br)cc21. The third-order valence-electron chi connectivity index (χ3n) is 2.86. The Balaban J connectivity index is 2.01. The monoisotopic (exact) mass is 294 g/mol. The van der Waals surface area contributed by atoms with E-state index in [4.69, 9.17) is 0 Å². The lowest BCUT2D eigenvalue weighted by molar-refractivity contribution is 0.541. The Morgan fingerprint density at radius 1 is 1.29 bits per heavy atom. The molecule has 3 heteroatoms. The second-order valence-electron chi connectivity index (χ2n) is 4.67. The summed E-state index contributed by atoms with van der Waals surface area (Å²) in [7, 11) is 0. The molecule has 92 valence electrons. The highest BCUT2D eigenvalue weighted by atomic mass is 79.9. The minimum Gasteiger partial charge on any atom is -0.347 e. The van der Waals surface area contributed by atoms with Gasteiger partial charge in [0.15, 0.2) is 0 Å². The normalized spacial score (nSPS) is 11.5. The number of aryl methyl sites for hydroxylation is 1. The average molecular weight is 295 g/mol. The van der Waals surface area contributed by atoms with E-state index in [0.29, 0.717) is 6.04 Å². The van der Waals surface area contributed by atoms with E-state index in [9.17, 15) is 0 Å². The Labute approximate surface area is 111 Å². The zero-order valence-electron chi connectivity index (χ0n) is 10.4. The van der Waals surface area contributed by atoms with Crippen molar-refractivity contribution < 1.29 is 0 Å². The van der Waals surface area contributed by atoms with Crippen molar-refractivity contribution in [1.82, 2.24) is 9.88 Å². The number of hydrogen-bond acceptors (Lipinski definition) is 1. The van der Waals surface area contributed by atoms with Crippen LogP contribution < -0.4 is 5.32 Å². The van der Waals surface area contributed by atoms with E-state index in [1.807, 2.05) is 0 Å². The molecule has 0 atom stereocenters. The summed E-state index contributed by atoms with van der Waals surface area (Å²) in [6.07, 6.45) is 3.33. The third kappa shape index (κ3) is 3.33. The molecule has 2 aromatic rings. The fraction of sp³-hybridized carbons (Fsp3) is 0.429. The molecule has 1 heterocycles. The maximum Gasteiger partial charge on any atom is 0.0491 e. The van der Waals surface area contributed by atoms with E-state index in [1.54, 1.807) is 0 Å². The maximum atomic E-state index is 3.53.